The maximum Gasteiger partial charge on any atom is 0.280 e. The van der Waals surface area contributed by atoms with Crippen molar-refractivity contribution in [1.82, 2.24) is 5.16 Å². The van der Waals surface area contributed by atoms with Gasteiger partial charge in [-0.2, -0.15) is 0 Å². The van der Waals surface area contributed by atoms with Crippen LogP contribution in [0.2, 0.25) is 5.02 Å². The van der Waals surface area contributed by atoms with Crippen molar-refractivity contribution < 1.29 is 9.32 Å². The van der Waals surface area contributed by atoms with E-state index in [4.69, 9.17) is 16.1 Å². The number of para-hydroxylation sites is 1. The van der Waals surface area contributed by atoms with E-state index in [1.54, 1.807) is 25.2 Å². The van der Waals surface area contributed by atoms with Crippen molar-refractivity contribution in [2.75, 3.05) is 11.9 Å². The van der Waals surface area contributed by atoms with Gasteiger partial charge in [0.25, 0.3) is 5.91 Å². The van der Waals surface area contributed by atoms with Gasteiger partial charge in [0.15, 0.2) is 11.5 Å². The fraction of sp³-hybridized carbons (Fsp3) is 0.0588. The number of nitrogens with zero attached hydrogens (tertiary/aromatic N) is 2. The Labute approximate surface area is 132 Å². The van der Waals surface area contributed by atoms with Crippen LogP contribution in [0.4, 0.5) is 5.69 Å². The standard InChI is InChI=1S/C17H13ClN2O2/c1-20(14-8-3-2-4-9-14)17(21)15-11-16(22-19-15)12-6-5-7-13(18)10-12/h2-11H,1H3. The maximum absolute atomic E-state index is 12.4. The van der Waals surface area contributed by atoms with Gasteiger partial charge in [0, 0.05) is 29.4 Å². The predicted molar refractivity (Wildman–Crippen MR) is 86.1 cm³/mol. The second-order valence-electron chi connectivity index (χ2n) is 4.79. The highest BCUT2D eigenvalue weighted by Gasteiger charge is 2.18. The second-order valence-corrected chi connectivity index (χ2v) is 5.22. The van der Waals surface area contributed by atoms with E-state index in [0.717, 1.165) is 11.3 Å². The molecule has 1 heterocycles. The van der Waals surface area contributed by atoms with Crippen LogP contribution < -0.4 is 4.90 Å². The molecule has 0 fully saturated rings. The third-order valence-electron chi connectivity index (χ3n) is 3.29. The van der Waals surface area contributed by atoms with E-state index in [1.807, 2.05) is 42.5 Å². The van der Waals surface area contributed by atoms with Gasteiger partial charge in [0.2, 0.25) is 0 Å². The number of carbonyl (C=O) groups is 1. The monoisotopic (exact) mass is 312 g/mol. The van der Waals surface area contributed by atoms with Gasteiger partial charge in [-0.1, -0.05) is 47.1 Å². The summed E-state index contributed by atoms with van der Waals surface area (Å²) in [6.45, 7) is 0. The molecule has 0 N–H and O–H groups in total. The molecule has 0 bridgehead atoms. The van der Waals surface area contributed by atoms with Gasteiger partial charge < -0.3 is 9.42 Å². The first-order valence-corrected chi connectivity index (χ1v) is 7.09. The zero-order valence-electron chi connectivity index (χ0n) is 11.9. The summed E-state index contributed by atoms with van der Waals surface area (Å²) in [5, 5.41) is 4.46. The third-order valence-corrected chi connectivity index (χ3v) is 3.52. The molecule has 0 unspecified atom stereocenters. The molecule has 2 aromatic carbocycles. The van der Waals surface area contributed by atoms with E-state index in [1.165, 1.54) is 4.90 Å². The predicted octanol–water partition coefficient (Wildman–Crippen LogP) is 4.27. The van der Waals surface area contributed by atoms with E-state index in [0.29, 0.717) is 10.8 Å². The van der Waals surface area contributed by atoms with Crippen LogP contribution in [0, 0.1) is 0 Å². The Morgan fingerprint density at radius 1 is 1.09 bits per heavy atom. The first-order chi connectivity index (χ1) is 10.6. The molecule has 3 aromatic rings. The molecule has 0 spiro atoms. The van der Waals surface area contributed by atoms with Crippen LogP contribution >= 0.6 is 11.6 Å². The van der Waals surface area contributed by atoms with Crippen LogP contribution in [0.25, 0.3) is 11.3 Å². The van der Waals surface area contributed by atoms with Crippen LogP contribution in [-0.2, 0) is 0 Å². The van der Waals surface area contributed by atoms with Crippen molar-refractivity contribution >= 4 is 23.2 Å². The number of halogens is 1. The first-order valence-electron chi connectivity index (χ1n) is 6.71. The Hall–Kier alpha value is -2.59. The fourth-order valence-corrected chi connectivity index (χ4v) is 2.28. The summed E-state index contributed by atoms with van der Waals surface area (Å²) in [7, 11) is 1.70. The molecule has 4 nitrogen and oxygen atoms in total. The number of hydrogen-bond acceptors (Lipinski definition) is 3. The van der Waals surface area contributed by atoms with Crippen molar-refractivity contribution in [3.63, 3.8) is 0 Å². The number of anilines is 1. The van der Waals surface area contributed by atoms with E-state index in [-0.39, 0.29) is 11.6 Å². The Bertz CT molecular complexity index is 799. The zero-order chi connectivity index (χ0) is 15.5. The Morgan fingerprint density at radius 3 is 2.59 bits per heavy atom. The van der Waals surface area contributed by atoms with Crippen LogP contribution in [-0.4, -0.2) is 18.1 Å². The van der Waals surface area contributed by atoms with Gasteiger partial charge in [-0.3, -0.25) is 4.79 Å². The molecule has 0 saturated carbocycles. The van der Waals surface area contributed by atoms with Crippen molar-refractivity contribution in [3.05, 3.63) is 71.4 Å². The molecule has 0 radical (unpaired) electrons. The minimum absolute atomic E-state index is 0.233. The SMILES string of the molecule is CN(C(=O)c1cc(-c2cccc(Cl)c2)on1)c1ccccc1. The largest absolute Gasteiger partial charge is 0.355 e. The highest BCUT2D eigenvalue weighted by atomic mass is 35.5. The Morgan fingerprint density at radius 2 is 1.86 bits per heavy atom. The molecule has 22 heavy (non-hydrogen) atoms. The maximum atomic E-state index is 12.4. The lowest BCUT2D eigenvalue weighted by atomic mass is 10.1. The summed E-state index contributed by atoms with van der Waals surface area (Å²) < 4.78 is 5.26. The van der Waals surface area contributed by atoms with Gasteiger partial charge in [-0.05, 0) is 24.3 Å². The molecular weight excluding hydrogens is 300 g/mol. The fourth-order valence-electron chi connectivity index (χ4n) is 2.09. The van der Waals surface area contributed by atoms with Gasteiger partial charge in [0.05, 0.1) is 0 Å². The summed E-state index contributed by atoms with van der Waals surface area (Å²) in [6.07, 6.45) is 0. The van der Waals surface area contributed by atoms with Crippen LogP contribution in [0.5, 0.6) is 0 Å². The van der Waals surface area contributed by atoms with Crippen LogP contribution in [0.3, 0.4) is 0 Å². The second kappa shape index (κ2) is 6.03. The topological polar surface area (TPSA) is 46.3 Å². The van der Waals surface area contributed by atoms with Gasteiger partial charge >= 0.3 is 0 Å². The van der Waals surface area contributed by atoms with Crippen molar-refractivity contribution in [2.45, 2.75) is 0 Å². The number of hydrogen-bond donors (Lipinski definition) is 0. The Balaban J connectivity index is 1.86. The lowest BCUT2D eigenvalue weighted by Crippen LogP contribution is -2.26. The first kappa shape index (κ1) is 14.4. The van der Waals surface area contributed by atoms with Gasteiger partial charge in [-0.25, -0.2) is 0 Å². The smallest absolute Gasteiger partial charge is 0.280 e. The number of rotatable bonds is 3. The lowest BCUT2D eigenvalue weighted by Gasteiger charge is -2.15. The molecule has 0 atom stereocenters. The Kier molecular flexibility index (Phi) is 3.94. The van der Waals surface area contributed by atoms with Crippen LogP contribution in [0.1, 0.15) is 10.5 Å². The minimum Gasteiger partial charge on any atom is -0.355 e. The zero-order valence-corrected chi connectivity index (χ0v) is 12.6. The van der Waals surface area contributed by atoms with Gasteiger partial charge in [-0.15, -0.1) is 0 Å². The van der Waals surface area contributed by atoms with E-state index >= 15 is 0 Å². The average Bonchev–Trinajstić information content (AvgIpc) is 3.04. The molecule has 110 valence electrons. The third kappa shape index (κ3) is 2.87. The molecule has 5 heteroatoms. The normalized spacial score (nSPS) is 10.5. The number of carbonyl (C=O) groups excluding carboxylic acids is 1. The summed E-state index contributed by atoms with van der Waals surface area (Å²) in [5.74, 6) is 0.274. The van der Waals surface area contributed by atoms with Gasteiger partial charge in [0.1, 0.15) is 0 Å². The molecule has 3 rings (SSSR count). The molecule has 0 aliphatic rings. The molecule has 0 aliphatic heterocycles. The summed E-state index contributed by atoms with van der Waals surface area (Å²) in [5.41, 5.74) is 1.82. The molecule has 0 saturated heterocycles. The summed E-state index contributed by atoms with van der Waals surface area (Å²) in [6, 6.07) is 18.2. The molecule has 1 amide bonds. The summed E-state index contributed by atoms with van der Waals surface area (Å²) in [4.78, 5) is 14.0. The van der Waals surface area contributed by atoms with E-state index in [9.17, 15) is 4.79 Å². The van der Waals surface area contributed by atoms with E-state index in [2.05, 4.69) is 5.16 Å². The molecule has 0 aliphatic carbocycles. The van der Waals surface area contributed by atoms with E-state index < -0.39 is 0 Å². The minimum atomic E-state index is -0.233. The van der Waals surface area contributed by atoms with Crippen molar-refractivity contribution in [1.29, 1.82) is 0 Å². The number of benzene rings is 2. The average molecular weight is 313 g/mol. The lowest BCUT2D eigenvalue weighted by molar-refractivity contribution is 0.0984. The summed E-state index contributed by atoms with van der Waals surface area (Å²) >= 11 is 5.96. The number of amides is 1. The highest BCUT2D eigenvalue weighted by Crippen LogP contribution is 2.24. The highest BCUT2D eigenvalue weighted by molar-refractivity contribution is 6.30. The quantitative estimate of drug-likeness (QED) is 0.725. The molecular formula is C17H13ClN2O2. The number of aromatic nitrogens is 1. The van der Waals surface area contributed by atoms with Crippen molar-refractivity contribution in [3.8, 4) is 11.3 Å². The van der Waals surface area contributed by atoms with Crippen LogP contribution in [0.15, 0.2) is 65.2 Å². The van der Waals surface area contributed by atoms with Crippen molar-refractivity contribution in [2.24, 2.45) is 0 Å². The molecule has 1 aromatic heterocycles.